The van der Waals surface area contributed by atoms with Gasteiger partial charge in [0.25, 0.3) is 0 Å². The van der Waals surface area contributed by atoms with Crippen molar-refractivity contribution in [1.82, 2.24) is 0 Å². The van der Waals surface area contributed by atoms with Gasteiger partial charge in [0.2, 0.25) is 0 Å². The lowest BCUT2D eigenvalue weighted by atomic mass is 10.7. The minimum absolute atomic E-state index is 0.0370. The summed E-state index contributed by atoms with van der Waals surface area (Å²) >= 11 is 0. The molecule has 0 aliphatic carbocycles. The van der Waals surface area contributed by atoms with Crippen molar-refractivity contribution >= 4 is 5.94 Å². The van der Waals surface area contributed by atoms with Gasteiger partial charge in [-0.1, -0.05) is 0 Å². The van der Waals surface area contributed by atoms with Crippen molar-refractivity contribution in [1.29, 1.82) is 0 Å². The van der Waals surface area contributed by atoms with Crippen LogP contribution < -0.4 is 0 Å². The van der Waals surface area contributed by atoms with Crippen LogP contribution in [0.5, 0.6) is 0 Å². The smallest absolute Gasteiger partial charge is 0.154 e. The van der Waals surface area contributed by atoms with Gasteiger partial charge in [-0.3, -0.25) is 0 Å². The Labute approximate surface area is 81.0 Å². The first-order valence-electron chi connectivity index (χ1n) is 4.10. The second-order valence-electron chi connectivity index (χ2n) is 1.62. The lowest BCUT2D eigenvalue weighted by Crippen LogP contribution is -2.11. The first-order valence-corrected chi connectivity index (χ1v) is 4.10. The minimum atomic E-state index is -0.0370. The van der Waals surface area contributed by atoms with Crippen LogP contribution in [-0.4, -0.2) is 25.4 Å². The summed E-state index contributed by atoms with van der Waals surface area (Å²) in [5, 5.41) is 0. The van der Waals surface area contributed by atoms with Crippen molar-refractivity contribution in [2.24, 2.45) is 0 Å². The summed E-state index contributed by atoms with van der Waals surface area (Å²) in [6, 6.07) is 0. The highest BCUT2D eigenvalue weighted by molar-refractivity contribution is 5.38. The van der Waals surface area contributed by atoms with Crippen LogP contribution in [0.1, 0.15) is 20.8 Å². The van der Waals surface area contributed by atoms with Crippen molar-refractivity contribution in [2.45, 2.75) is 27.1 Å². The molecule has 0 spiro atoms. The standard InChI is InChI=1S/C6H14O2.C2H2O.C2H4/c1-4-7-6(3)8-5-2;1-2-3;1-2/h6H,4-5H2,1-3H3;1H2;1-2H2. The first kappa shape index (κ1) is 18.0. The molecule has 0 amide bonds. The Kier molecular flexibility index (Phi) is 31.1. The van der Waals surface area contributed by atoms with E-state index in [1.165, 1.54) is 5.94 Å². The van der Waals surface area contributed by atoms with Crippen LogP contribution in [0.2, 0.25) is 0 Å². The van der Waals surface area contributed by atoms with Gasteiger partial charge in [0.15, 0.2) is 6.29 Å². The summed E-state index contributed by atoms with van der Waals surface area (Å²) in [5.41, 5.74) is 0. The van der Waals surface area contributed by atoms with Crippen LogP contribution in [0.25, 0.3) is 0 Å². The molecule has 0 heterocycles. The summed E-state index contributed by atoms with van der Waals surface area (Å²) in [6.45, 7) is 15.9. The largest absolute Gasteiger partial charge is 0.353 e. The maximum atomic E-state index is 8.57. The van der Waals surface area contributed by atoms with E-state index in [4.69, 9.17) is 14.3 Å². The SMILES string of the molecule is C=C.C=C=O.CCOC(C)OCC. The van der Waals surface area contributed by atoms with Gasteiger partial charge >= 0.3 is 0 Å². The molecular weight excluding hydrogens is 168 g/mol. The quantitative estimate of drug-likeness (QED) is 0.385. The Morgan fingerprint density at radius 1 is 1.23 bits per heavy atom. The molecule has 0 fully saturated rings. The van der Waals surface area contributed by atoms with Crippen LogP contribution in [0.15, 0.2) is 19.7 Å². The van der Waals surface area contributed by atoms with E-state index in [0.29, 0.717) is 0 Å². The van der Waals surface area contributed by atoms with E-state index in [2.05, 4.69) is 19.7 Å². The molecule has 0 saturated carbocycles. The highest BCUT2D eigenvalue weighted by atomic mass is 16.7. The van der Waals surface area contributed by atoms with Gasteiger partial charge < -0.3 is 9.47 Å². The topological polar surface area (TPSA) is 35.5 Å². The molecule has 0 radical (unpaired) electrons. The minimum Gasteiger partial charge on any atom is -0.353 e. The first-order chi connectivity index (χ1) is 6.22. The molecule has 0 bridgehead atoms. The molecule has 0 atom stereocenters. The van der Waals surface area contributed by atoms with Crippen molar-refractivity contribution in [3.63, 3.8) is 0 Å². The molecule has 0 aromatic carbocycles. The molecule has 0 aromatic heterocycles. The molecule has 0 aliphatic rings. The van der Waals surface area contributed by atoms with Gasteiger partial charge in [-0.25, -0.2) is 4.79 Å². The predicted octanol–water partition coefficient (Wildman–Crippen LogP) is 2.21. The van der Waals surface area contributed by atoms with Crippen molar-refractivity contribution in [2.75, 3.05) is 13.2 Å². The molecule has 0 rings (SSSR count). The highest BCUT2D eigenvalue weighted by Crippen LogP contribution is 1.90. The van der Waals surface area contributed by atoms with E-state index >= 15 is 0 Å². The van der Waals surface area contributed by atoms with Crippen LogP contribution in [0, 0.1) is 0 Å². The zero-order valence-electron chi connectivity index (χ0n) is 8.84. The van der Waals surface area contributed by atoms with Crippen molar-refractivity contribution < 1.29 is 14.3 Å². The van der Waals surface area contributed by atoms with Gasteiger partial charge in [-0.15, -0.1) is 13.2 Å². The fourth-order valence-corrected chi connectivity index (χ4v) is 0.518. The number of rotatable bonds is 4. The monoisotopic (exact) mass is 188 g/mol. The fourth-order valence-electron chi connectivity index (χ4n) is 0.518. The van der Waals surface area contributed by atoms with Gasteiger partial charge in [-0.05, 0) is 27.4 Å². The van der Waals surface area contributed by atoms with Crippen molar-refractivity contribution in [3.05, 3.63) is 19.7 Å². The second-order valence-corrected chi connectivity index (χ2v) is 1.62. The van der Waals surface area contributed by atoms with E-state index in [-0.39, 0.29) is 6.29 Å². The Hall–Kier alpha value is -0.890. The molecule has 78 valence electrons. The third-order valence-electron chi connectivity index (χ3n) is 0.803. The average molecular weight is 188 g/mol. The maximum Gasteiger partial charge on any atom is 0.154 e. The molecule has 0 saturated heterocycles. The van der Waals surface area contributed by atoms with E-state index in [0.717, 1.165) is 13.2 Å². The number of hydrogen-bond donors (Lipinski definition) is 0. The summed E-state index contributed by atoms with van der Waals surface area (Å²) in [5.74, 6) is 1.25. The van der Waals surface area contributed by atoms with Crippen molar-refractivity contribution in [3.8, 4) is 0 Å². The summed E-state index contributed by atoms with van der Waals surface area (Å²) in [7, 11) is 0. The number of carbonyl (C=O) groups excluding carboxylic acids is 1. The Balaban J connectivity index is -0.000000169. The molecule has 0 unspecified atom stereocenters. The van der Waals surface area contributed by atoms with E-state index in [1.54, 1.807) is 0 Å². The molecule has 0 aromatic rings. The van der Waals surface area contributed by atoms with Gasteiger partial charge in [-0.2, -0.15) is 0 Å². The van der Waals surface area contributed by atoms with E-state index in [1.807, 2.05) is 20.8 Å². The number of hydrogen-bond acceptors (Lipinski definition) is 3. The molecule has 0 aliphatic heterocycles. The van der Waals surface area contributed by atoms with E-state index < -0.39 is 0 Å². The summed E-state index contributed by atoms with van der Waals surface area (Å²) in [4.78, 5) is 8.57. The Morgan fingerprint density at radius 3 is 1.62 bits per heavy atom. The zero-order chi connectivity index (χ0) is 11.1. The Morgan fingerprint density at radius 2 is 1.46 bits per heavy atom. The molecule has 0 N–H and O–H groups in total. The molecule has 13 heavy (non-hydrogen) atoms. The van der Waals surface area contributed by atoms with Crippen LogP contribution >= 0.6 is 0 Å². The van der Waals surface area contributed by atoms with Gasteiger partial charge in [0, 0.05) is 13.2 Å². The maximum absolute atomic E-state index is 8.57. The predicted molar refractivity (Wildman–Crippen MR) is 55.3 cm³/mol. The lowest BCUT2D eigenvalue weighted by Gasteiger charge is -2.09. The Bertz CT molecular complexity index is 101. The lowest BCUT2D eigenvalue weighted by molar-refractivity contribution is -0.123. The average Bonchev–Trinajstić information content (AvgIpc) is 2.10. The molecule has 3 heteroatoms. The van der Waals surface area contributed by atoms with E-state index in [9.17, 15) is 0 Å². The summed E-state index contributed by atoms with van der Waals surface area (Å²) < 4.78 is 10.1. The third-order valence-corrected chi connectivity index (χ3v) is 0.803. The summed E-state index contributed by atoms with van der Waals surface area (Å²) in [6.07, 6.45) is -0.0370. The van der Waals surface area contributed by atoms with Crippen LogP contribution in [0.3, 0.4) is 0 Å². The highest BCUT2D eigenvalue weighted by Gasteiger charge is 1.94. The zero-order valence-corrected chi connectivity index (χ0v) is 8.84. The number of ether oxygens (including phenoxy) is 2. The van der Waals surface area contributed by atoms with Gasteiger partial charge in [0.05, 0.1) is 0 Å². The fraction of sp³-hybridized carbons (Fsp3) is 0.600. The van der Waals surface area contributed by atoms with Gasteiger partial charge in [0.1, 0.15) is 5.94 Å². The van der Waals surface area contributed by atoms with Crippen LogP contribution in [-0.2, 0) is 14.3 Å². The second kappa shape index (κ2) is 22.5. The third kappa shape index (κ3) is 35.3. The molecule has 3 nitrogen and oxygen atoms in total. The normalized spacial score (nSPS) is 7.38. The van der Waals surface area contributed by atoms with Crippen LogP contribution in [0.4, 0.5) is 0 Å². The molecular formula is C10H20O3.